The number of hydrogen-bond acceptors (Lipinski definition) is 6. The fraction of sp³-hybridized carbons (Fsp3) is 0.444. The molecule has 1 amide bonds. The number of amides is 1. The van der Waals surface area contributed by atoms with Gasteiger partial charge in [0, 0.05) is 25.2 Å². The van der Waals surface area contributed by atoms with Gasteiger partial charge < -0.3 is 21.5 Å². The Morgan fingerprint density at radius 3 is 2.65 bits per heavy atom. The maximum Gasteiger partial charge on any atom is 0.289 e. The van der Waals surface area contributed by atoms with Crippen LogP contribution >= 0.6 is 0 Å². The van der Waals surface area contributed by atoms with E-state index >= 15 is 0 Å². The van der Waals surface area contributed by atoms with Crippen molar-refractivity contribution in [1.29, 1.82) is 0 Å². The molecule has 2 aromatic carbocycles. The Hall–Kier alpha value is -3.37. The first-order valence-corrected chi connectivity index (χ1v) is 12.8. The molecule has 4 rings (SSSR count). The lowest BCUT2D eigenvalue weighted by Gasteiger charge is -2.30. The SMILES string of the molecule is CCc1ccc2c(c1)[C@@H](NC[C@@H](O)[C@H](Cc1cc(F)cc(F)c1)NC(=O)c1nc(N)nn1CC)CCC2. The molecule has 1 aliphatic rings. The summed E-state index contributed by atoms with van der Waals surface area (Å²) in [4.78, 5) is 17.0. The van der Waals surface area contributed by atoms with Gasteiger partial charge in [-0.3, -0.25) is 4.79 Å². The fourth-order valence-electron chi connectivity index (χ4n) is 4.93. The van der Waals surface area contributed by atoms with Crippen molar-refractivity contribution in [3.05, 3.63) is 76.1 Å². The molecule has 0 aliphatic heterocycles. The van der Waals surface area contributed by atoms with Crippen LogP contribution in [0.3, 0.4) is 0 Å². The van der Waals surface area contributed by atoms with E-state index in [4.69, 9.17) is 5.73 Å². The third-order valence-electron chi connectivity index (χ3n) is 6.86. The molecule has 10 heteroatoms. The topological polar surface area (TPSA) is 118 Å². The summed E-state index contributed by atoms with van der Waals surface area (Å²) in [7, 11) is 0. The molecule has 8 nitrogen and oxygen atoms in total. The van der Waals surface area contributed by atoms with Crippen molar-refractivity contribution in [3.63, 3.8) is 0 Å². The second-order valence-corrected chi connectivity index (χ2v) is 9.48. The number of aryl methyl sites for hydroxylation is 3. The molecule has 0 saturated carbocycles. The number of hydrogen-bond donors (Lipinski definition) is 4. The maximum atomic E-state index is 13.9. The molecule has 0 bridgehead atoms. The zero-order valence-corrected chi connectivity index (χ0v) is 21.2. The molecule has 0 spiro atoms. The van der Waals surface area contributed by atoms with E-state index < -0.39 is 29.7 Å². The molecule has 3 aromatic rings. The van der Waals surface area contributed by atoms with E-state index in [2.05, 4.69) is 45.8 Å². The number of aliphatic hydroxyl groups excluding tert-OH is 1. The second kappa shape index (κ2) is 11.8. The molecule has 0 unspecified atom stereocenters. The summed E-state index contributed by atoms with van der Waals surface area (Å²) in [6.07, 6.45) is 2.88. The Labute approximate surface area is 215 Å². The monoisotopic (exact) mass is 512 g/mol. The molecule has 1 aliphatic carbocycles. The minimum absolute atomic E-state index is 0.00360. The lowest BCUT2D eigenvalue weighted by molar-refractivity contribution is 0.0808. The van der Waals surface area contributed by atoms with Crippen LogP contribution in [-0.4, -0.2) is 44.5 Å². The zero-order chi connectivity index (χ0) is 26.5. The molecule has 1 aromatic heterocycles. The van der Waals surface area contributed by atoms with Gasteiger partial charge in [-0.05, 0) is 73.4 Å². The number of nitrogen functional groups attached to an aromatic ring is 1. The van der Waals surface area contributed by atoms with Crippen molar-refractivity contribution < 1.29 is 18.7 Å². The van der Waals surface area contributed by atoms with E-state index in [0.717, 1.165) is 31.7 Å². The lowest BCUT2D eigenvalue weighted by Crippen LogP contribution is -2.49. The number of rotatable bonds is 10. The van der Waals surface area contributed by atoms with Crippen molar-refractivity contribution in [2.75, 3.05) is 12.3 Å². The van der Waals surface area contributed by atoms with E-state index in [1.165, 1.54) is 33.5 Å². The van der Waals surface area contributed by atoms with Gasteiger partial charge in [0.25, 0.3) is 5.91 Å². The zero-order valence-electron chi connectivity index (χ0n) is 21.2. The van der Waals surface area contributed by atoms with Gasteiger partial charge in [-0.1, -0.05) is 25.1 Å². The summed E-state index contributed by atoms with van der Waals surface area (Å²) < 4.78 is 29.1. The third kappa shape index (κ3) is 6.50. The minimum atomic E-state index is -1.05. The second-order valence-electron chi connectivity index (χ2n) is 9.48. The predicted octanol–water partition coefficient (Wildman–Crippen LogP) is 3.09. The van der Waals surface area contributed by atoms with Crippen LogP contribution in [0.1, 0.15) is 65.6 Å². The molecule has 5 N–H and O–H groups in total. The van der Waals surface area contributed by atoms with Crippen LogP contribution < -0.4 is 16.4 Å². The number of nitrogens with one attached hydrogen (secondary N) is 2. The number of nitrogens with zero attached hydrogens (tertiary/aromatic N) is 3. The van der Waals surface area contributed by atoms with Gasteiger partial charge in [0.15, 0.2) is 0 Å². The van der Waals surface area contributed by atoms with Crippen molar-refractivity contribution in [1.82, 2.24) is 25.4 Å². The average molecular weight is 513 g/mol. The van der Waals surface area contributed by atoms with E-state index in [1.807, 2.05) is 0 Å². The largest absolute Gasteiger partial charge is 0.390 e. The van der Waals surface area contributed by atoms with E-state index in [-0.39, 0.29) is 30.8 Å². The Kier molecular flexibility index (Phi) is 8.50. The summed E-state index contributed by atoms with van der Waals surface area (Å²) in [5, 5.41) is 21.4. The molecule has 1 heterocycles. The number of aromatic nitrogens is 3. The first kappa shape index (κ1) is 26.7. The Morgan fingerprint density at radius 2 is 1.95 bits per heavy atom. The first-order valence-electron chi connectivity index (χ1n) is 12.8. The van der Waals surface area contributed by atoms with Crippen LogP contribution in [0.5, 0.6) is 0 Å². The molecule has 0 fully saturated rings. The van der Waals surface area contributed by atoms with Gasteiger partial charge in [0.05, 0.1) is 12.1 Å². The first-order chi connectivity index (χ1) is 17.8. The lowest BCUT2D eigenvalue weighted by atomic mass is 9.86. The Balaban J connectivity index is 1.53. The highest BCUT2D eigenvalue weighted by Crippen LogP contribution is 2.30. The Morgan fingerprint density at radius 1 is 1.19 bits per heavy atom. The number of halogens is 2. The van der Waals surface area contributed by atoms with Gasteiger partial charge >= 0.3 is 0 Å². The number of carbonyl (C=O) groups is 1. The fourth-order valence-corrected chi connectivity index (χ4v) is 4.93. The molecular formula is C27H34F2N6O2. The van der Waals surface area contributed by atoms with E-state index in [0.29, 0.717) is 12.1 Å². The predicted molar refractivity (Wildman–Crippen MR) is 137 cm³/mol. The van der Waals surface area contributed by atoms with Gasteiger partial charge in [-0.25, -0.2) is 13.5 Å². The summed E-state index contributed by atoms with van der Waals surface area (Å²) in [6.45, 7) is 4.46. The highest BCUT2D eigenvalue weighted by molar-refractivity contribution is 5.91. The molecular weight excluding hydrogens is 478 g/mol. The summed E-state index contributed by atoms with van der Waals surface area (Å²) in [6, 6.07) is 8.93. The van der Waals surface area contributed by atoms with Crippen LogP contribution in [-0.2, 0) is 25.8 Å². The average Bonchev–Trinajstić information content (AvgIpc) is 3.26. The summed E-state index contributed by atoms with van der Waals surface area (Å²) in [5.74, 6) is -2.07. The van der Waals surface area contributed by atoms with Gasteiger partial charge in [-0.2, -0.15) is 4.98 Å². The Bertz CT molecular complexity index is 1230. The van der Waals surface area contributed by atoms with Crippen LogP contribution in [0.2, 0.25) is 0 Å². The smallest absolute Gasteiger partial charge is 0.289 e. The number of aliphatic hydroxyl groups is 1. The van der Waals surface area contributed by atoms with Gasteiger partial charge in [-0.15, -0.1) is 5.10 Å². The molecule has 3 atom stereocenters. The van der Waals surface area contributed by atoms with Crippen LogP contribution in [0.4, 0.5) is 14.7 Å². The normalized spacial score (nSPS) is 16.7. The van der Waals surface area contributed by atoms with Crippen molar-refractivity contribution in [2.45, 2.75) is 70.7 Å². The summed E-state index contributed by atoms with van der Waals surface area (Å²) >= 11 is 0. The maximum absolute atomic E-state index is 13.9. The molecule has 0 saturated heterocycles. The number of nitrogens with two attached hydrogens (primary N) is 1. The number of anilines is 1. The van der Waals surface area contributed by atoms with Crippen molar-refractivity contribution in [3.8, 4) is 0 Å². The molecule has 37 heavy (non-hydrogen) atoms. The molecule has 198 valence electrons. The van der Waals surface area contributed by atoms with Gasteiger partial charge in [0.1, 0.15) is 11.6 Å². The van der Waals surface area contributed by atoms with Crippen LogP contribution in [0.15, 0.2) is 36.4 Å². The number of benzene rings is 2. The highest BCUT2D eigenvalue weighted by atomic mass is 19.1. The van der Waals surface area contributed by atoms with Gasteiger partial charge in [0.2, 0.25) is 11.8 Å². The summed E-state index contributed by atoms with van der Waals surface area (Å²) in [5.41, 5.74) is 9.76. The van der Waals surface area contributed by atoms with E-state index in [1.54, 1.807) is 6.92 Å². The van der Waals surface area contributed by atoms with Crippen LogP contribution in [0.25, 0.3) is 0 Å². The minimum Gasteiger partial charge on any atom is -0.390 e. The number of carbonyl (C=O) groups excluding carboxylic acids is 1. The van der Waals surface area contributed by atoms with Crippen molar-refractivity contribution in [2.24, 2.45) is 0 Å². The standard InChI is InChI=1S/C27H34F2N6O2/c1-3-16-8-9-18-6-5-7-22(21(18)12-16)31-15-24(36)23(13-17-10-19(28)14-20(29)11-17)32-26(37)25-33-27(30)34-35(25)4-2/h8-12,14,22-24,31,36H,3-7,13,15H2,1-2H3,(H2,30,34)(H,32,37)/t22-,23-,24+/m0/s1. The quantitative estimate of drug-likeness (QED) is 0.332. The third-order valence-corrected chi connectivity index (χ3v) is 6.86. The van der Waals surface area contributed by atoms with Crippen LogP contribution in [0, 0.1) is 11.6 Å². The molecule has 0 radical (unpaired) electrons. The van der Waals surface area contributed by atoms with E-state index in [9.17, 15) is 18.7 Å². The number of fused-ring (bicyclic) bond motifs is 1. The van der Waals surface area contributed by atoms with Crippen molar-refractivity contribution >= 4 is 11.9 Å². The highest BCUT2D eigenvalue weighted by Gasteiger charge is 2.27.